The molecule has 0 spiro atoms. The molecule has 6 heteroatoms. The average molecular weight is 285 g/mol. The van der Waals surface area contributed by atoms with Gasteiger partial charge in [-0.15, -0.1) is 0 Å². The average Bonchev–Trinajstić information content (AvgIpc) is 2.37. The first-order chi connectivity index (χ1) is 8.57. The SMILES string of the molecule is O=S(=O)([O-])c1ccccc1NCc1ccccc1.[Na+]. The molecule has 2 rings (SSSR count). The summed E-state index contributed by atoms with van der Waals surface area (Å²) in [6, 6.07) is 15.6. The summed E-state index contributed by atoms with van der Waals surface area (Å²) in [6.07, 6.45) is 0. The van der Waals surface area contributed by atoms with Crippen LogP contribution in [0, 0.1) is 0 Å². The van der Waals surface area contributed by atoms with Crippen molar-refractivity contribution in [3.05, 3.63) is 60.2 Å². The quantitative estimate of drug-likeness (QED) is 0.590. The van der Waals surface area contributed by atoms with E-state index >= 15 is 0 Å². The minimum Gasteiger partial charge on any atom is -0.744 e. The number of hydrogen-bond acceptors (Lipinski definition) is 4. The zero-order valence-corrected chi connectivity index (χ0v) is 13.4. The molecule has 0 aliphatic heterocycles. The molecule has 19 heavy (non-hydrogen) atoms. The largest absolute Gasteiger partial charge is 1.00 e. The van der Waals surface area contributed by atoms with Crippen LogP contribution in [0.25, 0.3) is 0 Å². The summed E-state index contributed by atoms with van der Waals surface area (Å²) in [5.74, 6) is 0. The Morgan fingerprint density at radius 1 is 0.947 bits per heavy atom. The normalized spacial score (nSPS) is 10.6. The number of para-hydroxylation sites is 1. The second-order valence-electron chi connectivity index (χ2n) is 3.79. The van der Waals surface area contributed by atoms with Crippen molar-refractivity contribution in [3.63, 3.8) is 0 Å². The molecule has 0 radical (unpaired) electrons. The molecule has 0 aromatic heterocycles. The predicted molar refractivity (Wildman–Crippen MR) is 68.2 cm³/mol. The fourth-order valence-corrected chi connectivity index (χ4v) is 2.28. The van der Waals surface area contributed by atoms with Crippen molar-refractivity contribution in [2.45, 2.75) is 11.4 Å². The van der Waals surface area contributed by atoms with Crippen molar-refractivity contribution in [3.8, 4) is 0 Å². The maximum Gasteiger partial charge on any atom is 1.00 e. The molecule has 0 amide bonds. The third-order valence-corrected chi connectivity index (χ3v) is 3.38. The third-order valence-electron chi connectivity index (χ3n) is 2.48. The van der Waals surface area contributed by atoms with Gasteiger partial charge < -0.3 is 9.87 Å². The second-order valence-corrected chi connectivity index (χ2v) is 5.14. The van der Waals surface area contributed by atoms with Gasteiger partial charge in [-0.2, -0.15) is 0 Å². The molecular weight excluding hydrogens is 273 g/mol. The fraction of sp³-hybridized carbons (Fsp3) is 0.0769. The molecule has 94 valence electrons. The molecule has 0 heterocycles. The molecule has 0 saturated carbocycles. The Hall–Kier alpha value is -0.850. The zero-order valence-electron chi connectivity index (χ0n) is 10.5. The number of hydrogen-bond donors (Lipinski definition) is 1. The van der Waals surface area contributed by atoms with E-state index in [0.717, 1.165) is 5.56 Å². The third kappa shape index (κ3) is 4.63. The number of rotatable bonds is 4. The Labute approximate surface area is 134 Å². The summed E-state index contributed by atoms with van der Waals surface area (Å²) in [5.41, 5.74) is 1.34. The molecule has 4 nitrogen and oxygen atoms in total. The molecule has 1 N–H and O–H groups in total. The second kappa shape index (κ2) is 7.07. The Bertz CT molecular complexity index is 629. The topological polar surface area (TPSA) is 69.2 Å². The van der Waals surface area contributed by atoms with Crippen LogP contribution in [-0.2, 0) is 16.7 Å². The van der Waals surface area contributed by atoms with E-state index in [2.05, 4.69) is 5.32 Å². The first-order valence-corrected chi connectivity index (χ1v) is 6.81. The van der Waals surface area contributed by atoms with Gasteiger partial charge in [-0.25, -0.2) is 8.42 Å². The summed E-state index contributed by atoms with van der Waals surface area (Å²) in [5, 5.41) is 2.96. The molecule has 0 fully saturated rings. The molecule has 0 aliphatic carbocycles. The van der Waals surface area contributed by atoms with Crippen molar-refractivity contribution in [1.82, 2.24) is 0 Å². The fourth-order valence-electron chi connectivity index (χ4n) is 1.62. The van der Waals surface area contributed by atoms with Crippen LogP contribution in [0.15, 0.2) is 59.5 Å². The van der Waals surface area contributed by atoms with Gasteiger partial charge >= 0.3 is 29.6 Å². The van der Waals surface area contributed by atoms with Crippen molar-refractivity contribution < 1.29 is 42.5 Å². The van der Waals surface area contributed by atoms with Crippen LogP contribution in [0.4, 0.5) is 5.69 Å². The van der Waals surface area contributed by atoms with Gasteiger partial charge in [0.25, 0.3) is 0 Å². The monoisotopic (exact) mass is 285 g/mol. The zero-order chi connectivity index (χ0) is 13.0. The summed E-state index contributed by atoms with van der Waals surface area (Å²) in [7, 11) is -4.45. The Morgan fingerprint density at radius 2 is 1.53 bits per heavy atom. The molecule has 0 saturated heterocycles. The minimum atomic E-state index is -4.45. The van der Waals surface area contributed by atoms with Gasteiger partial charge in [0, 0.05) is 6.54 Å². The van der Waals surface area contributed by atoms with Gasteiger partial charge in [-0.05, 0) is 17.7 Å². The van der Waals surface area contributed by atoms with Crippen LogP contribution in [0.2, 0.25) is 0 Å². The molecule has 0 unspecified atom stereocenters. The van der Waals surface area contributed by atoms with Gasteiger partial charge in [0.15, 0.2) is 0 Å². The van der Waals surface area contributed by atoms with Gasteiger partial charge in [-0.1, -0.05) is 42.5 Å². The van der Waals surface area contributed by atoms with Crippen molar-refractivity contribution >= 4 is 15.8 Å². The first-order valence-electron chi connectivity index (χ1n) is 5.40. The van der Waals surface area contributed by atoms with E-state index in [-0.39, 0.29) is 34.5 Å². The smallest absolute Gasteiger partial charge is 0.744 e. The Kier molecular flexibility index (Phi) is 6.03. The van der Waals surface area contributed by atoms with Crippen molar-refractivity contribution in [1.29, 1.82) is 0 Å². The summed E-state index contributed by atoms with van der Waals surface area (Å²) >= 11 is 0. The van der Waals surface area contributed by atoms with E-state index in [1.54, 1.807) is 12.1 Å². The molecule has 2 aromatic rings. The number of benzene rings is 2. The predicted octanol–water partition coefficient (Wildman–Crippen LogP) is -0.793. The number of anilines is 1. The van der Waals surface area contributed by atoms with E-state index in [0.29, 0.717) is 12.2 Å². The Balaban J connectivity index is 0.00000180. The number of nitrogens with one attached hydrogen (secondary N) is 1. The molecular formula is C13H12NNaO3S. The molecule has 0 atom stereocenters. The minimum absolute atomic E-state index is 0. The van der Waals surface area contributed by atoms with E-state index in [1.165, 1.54) is 12.1 Å². The first kappa shape index (κ1) is 16.2. The Morgan fingerprint density at radius 3 is 2.16 bits per heavy atom. The maximum atomic E-state index is 11.1. The van der Waals surface area contributed by atoms with E-state index in [9.17, 15) is 13.0 Å². The van der Waals surface area contributed by atoms with Crippen molar-refractivity contribution in [2.24, 2.45) is 0 Å². The van der Waals surface area contributed by atoms with Crippen LogP contribution >= 0.6 is 0 Å². The van der Waals surface area contributed by atoms with Crippen LogP contribution in [0.1, 0.15) is 5.56 Å². The van der Waals surface area contributed by atoms with Crippen molar-refractivity contribution in [2.75, 3.05) is 5.32 Å². The standard InChI is InChI=1S/C13H13NO3S.Na/c15-18(16,17)13-9-5-4-8-12(13)14-10-11-6-2-1-3-7-11;/h1-9,14H,10H2,(H,15,16,17);/q;+1/p-1. The van der Waals surface area contributed by atoms with Gasteiger partial charge in [0.2, 0.25) is 0 Å². The van der Waals surface area contributed by atoms with E-state index in [4.69, 9.17) is 0 Å². The van der Waals surface area contributed by atoms with Gasteiger partial charge in [0.1, 0.15) is 10.1 Å². The summed E-state index contributed by atoms with van der Waals surface area (Å²) in [4.78, 5) is -0.221. The molecule has 2 aromatic carbocycles. The van der Waals surface area contributed by atoms with Crippen LogP contribution < -0.4 is 34.9 Å². The van der Waals surface area contributed by atoms with E-state index < -0.39 is 10.1 Å². The van der Waals surface area contributed by atoms with Crippen LogP contribution in [-0.4, -0.2) is 13.0 Å². The van der Waals surface area contributed by atoms with Crippen LogP contribution in [0.3, 0.4) is 0 Å². The van der Waals surface area contributed by atoms with Crippen LogP contribution in [0.5, 0.6) is 0 Å². The molecule has 0 bridgehead atoms. The van der Waals surface area contributed by atoms with E-state index in [1.807, 2.05) is 30.3 Å². The summed E-state index contributed by atoms with van der Waals surface area (Å²) < 4.78 is 33.2. The maximum absolute atomic E-state index is 11.1. The molecule has 0 aliphatic rings. The van der Waals surface area contributed by atoms with Gasteiger partial charge in [-0.3, -0.25) is 0 Å². The summed E-state index contributed by atoms with van der Waals surface area (Å²) in [6.45, 7) is 0.466. The van der Waals surface area contributed by atoms with Gasteiger partial charge in [0.05, 0.1) is 10.6 Å².